The number of benzene rings is 6. The van der Waals surface area contributed by atoms with E-state index >= 15 is 0 Å². The average molecular weight is 1050 g/mol. The van der Waals surface area contributed by atoms with E-state index in [4.69, 9.17) is 0 Å². The third-order valence-electron chi connectivity index (χ3n) is 16.8. The van der Waals surface area contributed by atoms with E-state index < -0.39 is 5.41 Å². The van der Waals surface area contributed by atoms with Crippen molar-refractivity contribution < 1.29 is 10.2 Å². The summed E-state index contributed by atoms with van der Waals surface area (Å²) in [5.74, 6) is 0.456. The standard InChI is InChI=1S/C49H66N2.C24H35NO2/c1-5-9-13-17-21-37-25-29-45-41(33-37)49(42-34-38(22-18-14-10-6-2)26-30-46(42)50-45)43-35-39(23-19-15-11-7-3)27-31-47(43)51-48-32-28-40(36-44(48)49)24-20-16-12-8-4;1-3-5-7-9-11-19-13-15-21(23(26)17-19)25-22-16-14-20(18-24(22)27)12-10-8-6-4-2/h25-36,50-51H,5-24H2,1-4H3;13-18,25-27H,3-12H2,1-2H3. The Bertz CT molecular complexity index is 2440. The topological polar surface area (TPSA) is 76.5 Å². The number of fused-ring (bicyclic) bond motifs is 8. The molecule has 0 amide bonds. The van der Waals surface area contributed by atoms with Gasteiger partial charge in [-0.05, 0) is 181 Å². The van der Waals surface area contributed by atoms with Crippen molar-refractivity contribution in [3.63, 3.8) is 0 Å². The van der Waals surface area contributed by atoms with Crippen molar-refractivity contribution in [1.29, 1.82) is 0 Å². The minimum Gasteiger partial charge on any atom is -0.506 e. The molecule has 420 valence electrons. The molecular formula is C73H101N3O2. The van der Waals surface area contributed by atoms with Crippen LogP contribution in [0.5, 0.6) is 11.5 Å². The Hall–Kier alpha value is -5.68. The Morgan fingerprint density at radius 2 is 0.526 bits per heavy atom. The van der Waals surface area contributed by atoms with Crippen LogP contribution in [0.25, 0.3) is 0 Å². The smallest absolute Gasteiger partial charge is 0.139 e. The molecule has 8 rings (SSSR count). The van der Waals surface area contributed by atoms with E-state index in [9.17, 15) is 10.2 Å². The van der Waals surface area contributed by atoms with Crippen molar-refractivity contribution in [2.75, 3.05) is 16.0 Å². The zero-order valence-corrected chi connectivity index (χ0v) is 49.5. The highest BCUT2D eigenvalue weighted by Crippen LogP contribution is 2.60. The summed E-state index contributed by atoms with van der Waals surface area (Å²) in [5, 5.41) is 31.8. The van der Waals surface area contributed by atoms with E-state index in [1.807, 2.05) is 36.4 Å². The maximum Gasteiger partial charge on any atom is 0.139 e. The second-order valence-electron chi connectivity index (χ2n) is 23.2. The van der Waals surface area contributed by atoms with Gasteiger partial charge in [0.15, 0.2) is 0 Å². The number of aromatic hydroxyl groups is 2. The van der Waals surface area contributed by atoms with Crippen molar-refractivity contribution in [3.8, 4) is 11.5 Å². The van der Waals surface area contributed by atoms with Crippen LogP contribution in [-0.2, 0) is 43.9 Å². The fraction of sp³-hybridized carbons (Fsp3) is 0.507. The molecule has 0 atom stereocenters. The minimum absolute atomic E-state index is 0.228. The summed E-state index contributed by atoms with van der Waals surface area (Å²) < 4.78 is 0. The van der Waals surface area contributed by atoms with Gasteiger partial charge in [0.2, 0.25) is 0 Å². The van der Waals surface area contributed by atoms with Gasteiger partial charge in [-0.15, -0.1) is 0 Å². The molecule has 0 saturated heterocycles. The van der Waals surface area contributed by atoms with E-state index in [1.165, 1.54) is 209 Å². The summed E-state index contributed by atoms with van der Waals surface area (Å²) in [7, 11) is 0. The number of phenols is 2. The molecule has 6 aromatic carbocycles. The lowest BCUT2D eigenvalue weighted by molar-refractivity contribution is 0.474. The van der Waals surface area contributed by atoms with Gasteiger partial charge in [-0.25, -0.2) is 0 Å². The van der Waals surface area contributed by atoms with Gasteiger partial charge < -0.3 is 26.2 Å². The maximum atomic E-state index is 10.3. The summed E-state index contributed by atoms with van der Waals surface area (Å²) in [5.41, 5.74) is 19.8. The van der Waals surface area contributed by atoms with Crippen molar-refractivity contribution in [2.24, 2.45) is 0 Å². The van der Waals surface area contributed by atoms with Crippen LogP contribution in [0, 0.1) is 0 Å². The van der Waals surface area contributed by atoms with Gasteiger partial charge in [-0.1, -0.05) is 218 Å². The van der Waals surface area contributed by atoms with E-state index in [2.05, 4.69) is 130 Å². The largest absolute Gasteiger partial charge is 0.506 e. The second kappa shape index (κ2) is 31.8. The van der Waals surface area contributed by atoms with Crippen molar-refractivity contribution in [2.45, 2.75) is 240 Å². The van der Waals surface area contributed by atoms with E-state index in [0.717, 1.165) is 62.5 Å². The van der Waals surface area contributed by atoms with E-state index in [-0.39, 0.29) is 11.5 Å². The Kier molecular flexibility index (Phi) is 24.4. The zero-order valence-electron chi connectivity index (χ0n) is 49.5. The van der Waals surface area contributed by atoms with E-state index in [0.29, 0.717) is 11.4 Å². The van der Waals surface area contributed by atoms with Gasteiger partial charge >= 0.3 is 0 Å². The van der Waals surface area contributed by atoms with Gasteiger partial charge in [-0.3, -0.25) is 0 Å². The van der Waals surface area contributed by atoms with E-state index in [1.54, 1.807) is 0 Å². The molecule has 0 aliphatic carbocycles. The van der Waals surface area contributed by atoms with Crippen molar-refractivity contribution in [1.82, 2.24) is 0 Å². The molecule has 5 nitrogen and oxygen atoms in total. The molecule has 6 aromatic rings. The highest BCUT2D eigenvalue weighted by molar-refractivity contribution is 5.90. The van der Waals surface area contributed by atoms with Crippen LogP contribution < -0.4 is 16.0 Å². The van der Waals surface area contributed by atoms with Crippen LogP contribution >= 0.6 is 0 Å². The first-order valence-corrected chi connectivity index (χ1v) is 31.7. The Morgan fingerprint density at radius 1 is 0.295 bits per heavy atom. The highest BCUT2D eigenvalue weighted by Gasteiger charge is 2.49. The molecular weight excluding hydrogens is 951 g/mol. The molecule has 0 unspecified atom stereocenters. The molecule has 78 heavy (non-hydrogen) atoms. The third kappa shape index (κ3) is 16.2. The fourth-order valence-electron chi connectivity index (χ4n) is 12.2. The normalized spacial score (nSPS) is 12.6. The van der Waals surface area contributed by atoms with Crippen molar-refractivity contribution >= 4 is 34.1 Å². The molecule has 0 saturated carbocycles. The molecule has 5 heteroatoms. The molecule has 0 radical (unpaired) electrons. The van der Waals surface area contributed by atoms with Crippen LogP contribution in [0.2, 0.25) is 0 Å². The summed E-state index contributed by atoms with van der Waals surface area (Å²) in [4.78, 5) is 0. The lowest BCUT2D eigenvalue weighted by Gasteiger charge is -2.47. The number of anilines is 6. The minimum atomic E-state index is -0.399. The van der Waals surface area contributed by atoms with Gasteiger partial charge in [0, 0.05) is 22.7 Å². The Labute approximate surface area is 473 Å². The Balaban J connectivity index is 0.000000275. The number of unbranched alkanes of at least 4 members (excludes halogenated alkanes) is 18. The highest BCUT2D eigenvalue weighted by atomic mass is 16.3. The molecule has 5 N–H and O–H groups in total. The lowest BCUT2D eigenvalue weighted by atomic mass is 9.60. The van der Waals surface area contributed by atoms with Crippen LogP contribution in [-0.4, -0.2) is 10.2 Å². The molecule has 0 aromatic heterocycles. The molecule has 1 spiro atoms. The van der Waals surface area contributed by atoms with Gasteiger partial charge in [0.05, 0.1) is 16.8 Å². The average Bonchev–Trinajstić information content (AvgIpc) is 3.52. The number of rotatable bonds is 32. The number of hydrogen-bond acceptors (Lipinski definition) is 5. The van der Waals surface area contributed by atoms with Crippen molar-refractivity contribution in [3.05, 3.63) is 165 Å². The molecule has 0 bridgehead atoms. The number of hydrogen-bond donors (Lipinski definition) is 5. The van der Waals surface area contributed by atoms with Gasteiger partial charge in [0.25, 0.3) is 0 Å². The summed E-state index contributed by atoms with van der Waals surface area (Å²) in [6.07, 6.45) is 36.9. The molecule has 2 heterocycles. The first-order valence-electron chi connectivity index (χ1n) is 31.7. The molecule has 2 aliphatic heterocycles. The number of phenolic OH excluding ortho intramolecular Hbond substituents is 2. The van der Waals surface area contributed by atoms with Gasteiger partial charge in [0.1, 0.15) is 11.5 Å². The first kappa shape index (κ1) is 60.0. The fourth-order valence-corrected chi connectivity index (χ4v) is 12.2. The summed E-state index contributed by atoms with van der Waals surface area (Å²) in [6, 6.07) is 41.1. The molecule has 0 fully saturated rings. The summed E-state index contributed by atoms with van der Waals surface area (Å²) in [6.45, 7) is 13.7. The number of aryl methyl sites for hydroxylation is 6. The zero-order chi connectivity index (χ0) is 55.0. The summed E-state index contributed by atoms with van der Waals surface area (Å²) >= 11 is 0. The van der Waals surface area contributed by atoms with Crippen LogP contribution in [0.15, 0.2) is 109 Å². The third-order valence-corrected chi connectivity index (χ3v) is 16.8. The number of nitrogens with one attached hydrogen (secondary N) is 3. The second-order valence-corrected chi connectivity index (χ2v) is 23.2. The SMILES string of the molecule is CCCCCCc1ccc(Nc2ccc(CCCCCC)cc2O)c(O)c1.CCCCCCc1ccc2c(c1)C1(c3cc(CCCCCC)ccc3N2)c2cc(CCCCCC)ccc2Nc2ccc(CCCCCC)cc21. The van der Waals surface area contributed by atoms with Crippen LogP contribution in [0.4, 0.5) is 34.1 Å². The maximum absolute atomic E-state index is 10.3. The lowest BCUT2D eigenvalue weighted by Crippen LogP contribution is -2.39. The first-order chi connectivity index (χ1) is 38.2. The quantitative estimate of drug-likeness (QED) is 0.0215. The predicted molar refractivity (Wildman–Crippen MR) is 338 cm³/mol. The monoisotopic (exact) mass is 1050 g/mol. The Morgan fingerprint density at radius 3 is 0.756 bits per heavy atom. The predicted octanol–water partition coefficient (Wildman–Crippen LogP) is 21.8. The van der Waals surface area contributed by atoms with Gasteiger partial charge in [-0.2, -0.15) is 0 Å². The van der Waals surface area contributed by atoms with Crippen LogP contribution in [0.1, 0.15) is 251 Å². The van der Waals surface area contributed by atoms with Crippen LogP contribution in [0.3, 0.4) is 0 Å². The molecule has 2 aliphatic rings.